The lowest BCUT2D eigenvalue weighted by Crippen LogP contribution is -2.53. The first-order valence-corrected chi connectivity index (χ1v) is 13.1. The van der Waals surface area contributed by atoms with Crippen molar-refractivity contribution in [3.05, 3.63) is 52.4 Å². The molecular formula is C27H36ClN5O2. The van der Waals surface area contributed by atoms with Crippen molar-refractivity contribution >= 4 is 23.3 Å². The highest BCUT2D eigenvalue weighted by Crippen LogP contribution is 2.44. The van der Waals surface area contributed by atoms with Gasteiger partial charge in [-0.15, -0.1) is 0 Å². The molecule has 2 unspecified atom stereocenters. The van der Waals surface area contributed by atoms with Crippen LogP contribution in [0.5, 0.6) is 0 Å². The van der Waals surface area contributed by atoms with Crippen LogP contribution < -0.4 is 10.2 Å². The van der Waals surface area contributed by atoms with Crippen molar-refractivity contribution in [2.45, 2.75) is 69.6 Å². The van der Waals surface area contributed by atoms with E-state index >= 15 is 0 Å². The number of amides is 1. The lowest BCUT2D eigenvalue weighted by molar-refractivity contribution is -0.133. The van der Waals surface area contributed by atoms with Crippen LogP contribution in [-0.2, 0) is 9.53 Å². The number of carbonyl (C=O) groups is 1. The minimum atomic E-state index is -0.216. The topological polar surface area (TPSA) is 70.6 Å². The maximum absolute atomic E-state index is 13.9. The Morgan fingerprint density at radius 3 is 2.51 bits per heavy atom. The smallest absolute Gasteiger partial charge is 0.231 e. The van der Waals surface area contributed by atoms with Crippen LogP contribution in [0.4, 0.5) is 5.82 Å². The van der Waals surface area contributed by atoms with E-state index in [1.54, 1.807) is 13.4 Å². The lowest BCUT2D eigenvalue weighted by atomic mass is 9.88. The fourth-order valence-electron chi connectivity index (χ4n) is 6.10. The molecule has 1 aromatic heterocycles. The molecule has 35 heavy (non-hydrogen) atoms. The average molecular weight is 498 g/mol. The molecular weight excluding hydrogens is 462 g/mol. The van der Waals surface area contributed by atoms with E-state index in [0.29, 0.717) is 24.0 Å². The van der Waals surface area contributed by atoms with Crippen LogP contribution in [0.3, 0.4) is 0 Å². The number of rotatable bonds is 5. The van der Waals surface area contributed by atoms with E-state index in [9.17, 15) is 4.79 Å². The number of ether oxygens (including phenoxy) is 1. The van der Waals surface area contributed by atoms with Crippen molar-refractivity contribution in [3.63, 3.8) is 0 Å². The van der Waals surface area contributed by atoms with Crippen LogP contribution in [0.25, 0.3) is 0 Å². The Kier molecular flexibility index (Phi) is 6.77. The van der Waals surface area contributed by atoms with E-state index in [4.69, 9.17) is 16.3 Å². The Labute approximate surface area is 213 Å². The Morgan fingerprint density at radius 1 is 1.17 bits per heavy atom. The predicted octanol–water partition coefficient (Wildman–Crippen LogP) is 4.29. The van der Waals surface area contributed by atoms with E-state index in [0.717, 1.165) is 49.4 Å². The second-order valence-electron chi connectivity index (χ2n) is 10.9. The second-order valence-corrected chi connectivity index (χ2v) is 11.3. The second kappa shape index (κ2) is 9.68. The van der Waals surface area contributed by atoms with Crippen LogP contribution in [0, 0.1) is 0 Å². The predicted molar refractivity (Wildman–Crippen MR) is 138 cm³/mol. The number of nitrogens with zero attached hydrogens (tertiary/aromatic N) is 4. The number of nitrogens with one attached hydrogen (secondary N) is 1. The summed E-state index contributed by atoms with van der Waals surface area (Å²) in [6.07, 6.45) is 4.66. The number of fused-ring (bicyclic) bond motifs is 1. The molecule has 188 valence electrons. The summed E-state index contributed by atoms with van der Waals surface area (Å²) in [5.74, 6) is 1.34. The fourth-order valence-corrected chi connectivity index (χ4v) is 6.23. The summed E-state index contributed by atoms with van der Waals surface area (Å²) in [6, 6.07) is 7.91. The summed E-state index contributed by atoms with van der Waals surface area (Å²) in [7, 11) is 1.75. The Bertz CT molecular complexity index is 1070. The number of hydrogen-bond acceptors (Lipinski definition) is 6. The van der Waals surface area contributed by atoms with Gasteiger partial charge in [-0.1, -0.05) is 30.7 Å². The quantitative estimate of drug-likeness (QED) is 0.664. The van der Waals surface area contributed by atoms with Crippen molar-refractivity contribution in [2.75, 3.05) is 38.2 Å². The number of piperazine rings is 1. The van der Waals surface area contributed by atoms with E-state index < -0.39 is 0 Å². The molecule has 0 bridgehead atoms. The fraction of sp³-hybridized carbons (Fsp3) is 0.593. The Hall–Kier alpha value is -2.22. The van der Waals surface area contributed by atoms with Crippen LogP contribution in [-0.4, -0.2) is 65.6 Å². The van der Waals surface area contributed by atoms with Gasteiger partial charge in [-0.3, -0.25) is 4.79 Å². The monoisotopic (exact) mass is 497 g/mol. The summed E-state index contributed by atoms with van der Waals surface area (Å²) in [4.78, 5) is 27.5. The molecule has 3 heterocycles. The molecule has 0 saturated carbocycles. The van der Waals surface area contributed by atoms with Gasteiger partial charge in [0, 0.05) is 55.5 Å². The van der Waals surface area contributed by atoms with Gasteiger partial charge in [-0.2, -0.15) is 0 Å². The van der Waals surface area contributed by atoms with Crippen molar-refractivity contribution in [3.8, 4) is 0 Å². The largest absolute Gasteiger partial charge is 0.375 e. The zero-order valence-electron chi connectivity index (χ0n) is 21.1. The number of methoxy groups -OCH3 is 1. The first-order valence-electron chi connectivity index (χ1n) is 12.7. The highest BCUT2D eigenvalue weighted by Gasteiger charge is 2.41. The van der Waals surface area contributed by atoms with E-state index in [1.807, 2.05) is 29.2 Å². The van der Waals surface area contributed by atoms with Crippen molar-refractivity contribution < 1.29 is 9.53 Å². The molecule has 0 radical (unpaired) electrons. The molecule has 1 aromatic carbocycles. The minimum Gasteiger partial charge on any atom is -0.375 e. The molecule has 5 rings (SSSR count). The minimum absolute atomic E-state index is 0.0351. The molecule has 2 saturated heterocycles. The first kappa shape index (κ1) is 24.5. The summed E-state index contributed by atoms with van der Waals surface area (Å²) in [6.45, 7) is 9.53. The molecule has 2 aromatic rings. The lowest BCUT2D eigenvalue weighted by Gasteiger charge is -2.39. The number of anilines is 1. The molecule has 1 aliphatic carbocycles. The van der Waals surface area contributed by atoms with E-state index in [2.05, 4.69) is 41.0 Å². The van der Waals surface area contributed by atoms with Crippen LogP contribution in [0.15, 0.2) is 30.6 Å². The van der Waals surface area contributed by atoms with Gasteiger partial charge in [0.15, 0.2) is 0 Å². The molecule has 2 fully saturated rings. The van der Waals surface area contributed by atoms with E-state index in [-0.39, 0.29) is 29.5 Å². The van der Waals surface area contributed by atoms with Gasteiger partial charge in [-0.25, -0.2) is 9.97 Å². The normalized spacial score (nSPS) is 26.6. The van der Waals surface area contributed by atoms with Gasteiger partial charge in [0.05, 0.1) is 11.6 Å². The Morgan fingerprint density at radius 2 is 1.89 bits per heavy atom. The maximum atomic E-state index is 13.9. The SMILES string of the molecule is CO[C@@H]1C[C@@H](C)c2c1ncnc2N1CCN(C(=O)C(c2ccc(Cl)cc2)C2CCC(C)(C)N2)CC1. The third kappa shape index (κ3) is 4.78. The van der Waals surface area contributed by atoms with Crippen LogP contribution in [0.1, 0.15) is 74.8 Å². The number of halogens is 1. The summed E-state index contributed by atoms with van der Waals surface area (Å²) in [5, 5.41) is 4.41. The number of aromatic nitrogens is 2. The maximum Gasteiger partial charge on any atom is 0.231 e. The van der Waals surface area contributed by atoms with Gasteiger partial charge >= 0.3 is 0 Å². The summed E-state index contributed by atoms with van der Waals surface area (Å²) >= 11 is 6.16. The first-order chi connectivity index (χ1) is 16.8. The standard InChI is InChI=1S/C27H36ClN5O2/c1-17-15-21(35-4)24-22(17)25(30-16-29-24)32-11-13-33(14-12-32)26(34)23(18-5-7-19(28)8-6-18)20-9-10-27(2,3)31-20/h5-8,16-17,20-21,23,31H,9-15H2,1-4H3/t17-,20?,21-,23?/m1/s1. The van der Waals surface area contributed by atoms with Gasteiger partial charge in [0.1, 0.15) is 18.2 Å². The molecule has 8 heteroatoms. The zero-order chi connectivity index (χ0) is 24.7. The zero-order valence-corrected chi connectivity index (χ0v) is 21.9. The molecule has 1 N–H and O–H groups in total. The van der Waals surface area contributed by atoms with Crippen molar-refractivity contribution in [2.24, 2.45) is 0 Å². The van der Waals surface area contributed by atoms with Gasteiger partial charge in [-0.05, 0) is 56.7 Å². The summed E-state index contributed by atoms with van der Waals surface area (Å²) in [5.41, 5.74) is 3.29. The molecule has 4 atom stereocenters. The van der Waals surface area contributed by atoms with E-state index in [1.165, 1.54) is 5.56 Å². The molecule has 2 aliphatic heterocycles. The molecule has 0 spiro atoms. The molecule has 1 amide bonds. The number of benzene rings is 1. The van der Waals surface area contributed by atoms with Gasteiger partial charge < -0.3 is 19.9 Å². The van der Waals surface area contributed by atoms with Crippen LogP contribution in [0.2, 0.25) is 5.02 Å². The highest BCUT2D eigenvalue weighted by atomic mass is 35.5. The molecule has 3 aliphatic rings. The average Bonchev–Trinajstić information content (AvgIpc) is 3.39. The van der Waals surface area contributed by atoms with Gasteiger partial charge in [0.25, 0.3) is 0 Å². The molecule has 7 nitrogen and oxygen atoms in total. The van der Waals surface area contributed by atoms with Gasteiger partial charge in [0.2, 0.25) is 5.91 Å². The Balaban J connectivity index is 1.33. The summed E-state index contributed by atoms with van der Waals surface area (Å²) < 4.78 is 5.66. The number of carbonyl (C=O) groups excluding carboxylic acids is 1. The third-order valence-corrected chi connectivity index (χ3v) is 8.24. The van der Waals surface area contributed by atoms with Crippen LogP contribution >= 0.6 is 11.6 Å². The van der Waals surface area contributed by atoms with Crippen molar-refractivity contribution in [1.82, 2.24) is 20.2 Å². The third-order valence-electron chi connectivity index (χ3n) is 7.99. The highest BCUT2D eigenvalue weighted by molar-refractivity contribution is 6.30. The number of hydrogen-bond donors (Lipinski definition) is 1. The van der Waals surface area contributed by atoms with Crippen molar-refractivity contribution in [1.29, 1.82) is 0 Å².